The van der Waals surface area contributed by atoms with Crippen molar-refractivity contribution in [3.8, 4) is 0 Å². The van der Waals surface area contributed by atoms with Crippen LogP contribution in [0.4, 0.5) is 13.2 Å². The summed E-state index contributed by atoms with van der Waals surface area (Å²) in [6.07, 6.45) is -3.06. The Kier molecular flexibility index (Phi) is 9.60. The summed E-state index contributed by atoms with van der Waals surface area (Å²) in [6, 6.07) is 3.41. The van der Waals surface area contributed by atoms with Crippen LogP contribution in [0.3, 0.4) is 0 Å². The van der Waals surface area contributed by atoms with Crippen LogP contribution in [0.2, 0.25) is 5.02 Å². The monoisotopic (exact) mass is 386 g/mol. The number of benzene rings is 1. The highest BCUT2D eigenvalue weighted by molar-refractivity contribution is 7.60. The van der Waals surface area contributed by atoms with Gasteiger partial charge in [-0.2, -0.15) is 26.4 Å². The second-order valence-electron chi connectivity index (χ2n) is 4.64. The van der Waals surface area contributed by atoms with Crippen molar-refractivity contribution in [1.29, 1.82) is 4.78 Å². The van der Waals surface area contributed by atoms with Crippen LogP contribution in [0.25, 0.3) is 0 Å². The van der Waals surface area contributed by atoms with Crippen LogP contribution in [0, 0.1) is 4.78 Å². The van der Waals surface area contributed by atoms with Gasteiger partial charge in [0.25, 0.3) is 0 Å². The molecule has 0 heterocycles. The Balaban J connectivity index is 0.00000118. The lowest BCUT2D eigenvalue weighted by Crippen LogP contribution is -2.13. The third kappa shape index (κ3) is 8.30. The van der Waals surface area contributed by atoms with Gasteiger partial charge in [-0.3, -0.25) is 0 Å². The molecule has 1 rings (SSSR count). The number of hydrogen-bond acceptors (Lipinski definition) is 5. The van der Waals surface area contributed by atoms with E-state index in [9.17, 15) is 13.2 Å². The first-order chi connectivity index (χ1) is 11.0. The molecule has 0 saturated heterocycles. The van der Waals surface area contributed by atoms with Crippen molar-refractivity contribution in [2.45, 2.75) is 45.9 Å². The highest BCUT2D eigenvalue weighted by Crippen LogP contribution is 2.33. The first-order valence-electron chi connectivity index (χ1n) is 6.90. The first kappa shape index (κ1) is 22.4. The highest BCUT2D eigenvalue weighted by atomic mass is 35.5. The minimum Gasteiger partial charge on any atom is -0.392 e. The molecule has 1 aromatic carbocycles. The van der Waals surface area contributed by atoms with Crippen molar-refractivity contribution in [3.05, 3.63) is 34.3 Å². The zero-order chi connectivity index (χ0) is 18.9. The molecule has 10 heteroatoms. The molecule has 0 aromatic heterocycles. The van der Waals surface area contributed by atoms with E-state index < -0.39 is 22.2 Å². The molecule has 0 saturated carbocycles. The van der Waals surface area contributed by atoms with Crippen LogP contribution < -0.4 is 0 Å². The normalized spacial score (nSPS) is 11.8. The third-order valence-corrected chi connectivity index (χ3v) is 3.16. The molecule has 0 amide bonds. The lowest BCUT2D eigenvalue weighted by atomic mass is 10.0. The van der Waals surface area contributed by atoms with E-state index in [-0.39, 0.29) is 22.4 Å². The topological polar surface area (TPSA) is 79.6 Å². The summed E-state index contributed by atoms with van der Waals surface area (Å²) in [5, 5.41) is 4.04. The predicted octanol–water partition coefficient (Wildman–Crippen LogP) is 4.92. The van der Waals surface area contributed by atoms with Crippen molar-refractivity contribution in [1.82, 2.24) is 0 Å². The van der Waals surface area contributed by atoms with Gasteiger partial charge in [0, 0.05) is 10.6 Å². The molecule has 1 N–H and O–H groups in total. The first-order valence-corrected chi connectivity index (χ1v) is 8.36. The van der Waals surface area contributed by atoms with E-state index in [1.807, 2.05) is 13.8 Å². The fraction of sp³-hybridized carbons (Fsp3) is 0.500. The number of oxime groups is 1. The van der Waals surface area contributed by atoms with E-state index in [4.69, 9.17) is 29.6 Å². The van der Waals surface area contributed by atoms with Gasteiger partial charge >= 0.3 is 16.7 Å². The molecule has 5 nitrogen and oxygen atoms in total. The molecule has 0 aliphatic rings. The summed E-state index contributed by atoms with van der Waals surface area (Å²) in [5.41, 5.74) is -0.668. The smallest absolute Gasteiger partial charge is 0.392 e. The van der Waals surface area contributed by atoms with Crippen molar-refractivity contribution in [3.63, 3.8) is 0 Å². The van der Waals surface area contributed by atoms with Crippen LogP contribution in [0.15, 0.2) is 23.4 Å². The van der Waals surface area contributed by atoms with Gasteiger partial charge in [-0.25, -0.2) is 0 Å². The minimum atomic E-state index is -4.45. The van der Waals surface area contributed by atoms with Crippen LogP contribution in [-0.2, 0) is 21.5 Å². The maximum absolute atomic E-state index is 12.9. The van der Waals surface area contributed by atoms with Gasteiger partial charge < -0.3 is 4.84 Å². The standard InChI is InChI=1S/C14H17ClF3NO.HNO2S/c1-4-11(5-2)20-19-9(3)12-8-10(15)6-7-13(12)14(16,17)18;1-4(2)3/h6-8,11H,4-5H2,1-3H3;1H/b19-9+;. The Morgan fingerprint density at radius 2 is 1.83 bits per heavy atom. The number of rotatable bonds is 5. The predicted molar refractivity (Wildman–Crippen MR) is 85.8 cm³/mol. The molecular formula is C14H18ClF3N2O3S. The molecule has 0 unspecified atom stereocenters. The van der Waals surface area contributed by atoms with Crippen molar-refractivity contribution in [2.24, 2.45) is 5.16 Å². The van der Waals surface area contributed by atoms with E-state index >= 15 is 0 Å². The minimum absolute atomic E-state index is 0.0593. The molecule has 0 atom stereocenters. The lowest BCUT2D eigenvalue weighted by molar-refractivity contribution is -0.137. The average Bonchev–Trinajstić information content (AvgIpc) is 2.46. The van der Waals surface area contributed by atoms with Crippen LogP contribution in [-0.4, -0.2) is 20.2 Å². The summed E-state index contributed by atoms with van der Waals surface area (Å²) in [5.74, 6) is 0. The molecule has 0 aliphatic heterocycles. The Hall–Kier alpha value is -1.61. The highest BCUT2D eigenvalue weighted by Gasteiger charge is 2.34. The van der Waals surface area contributed by atoms with Gasteiger partial charge in [-0.05, 0) is 38.0 Å². The van der Waals surface area contributed by atoms with E-state index in [0.29, 0.717) is 0 Å². The second kappa shape index (κ2) is 10.3. The Morgan fingerprint density at radius 1 is 1.33 bits per heavy atom. The molecule has 0 spiro atoms. The van der Waals surface area contributed by atoms with Gasteiger partial charge in [0.05, 0.1) is 11.3 Å². The summed E-state index contributed by atoms with van der Waals surface area (Å²) in [6.45, 7) is 5.34. The number of nitrogens with zero attached hydrogens (tertiary/aromatic N) is 1. The maximum atomic E-state index is 12.9. The van der Waals surface area contributed by atoms with Gasteiger partial charge in [-0.15, -0.1) is 0 Å². The molecule has 24 heavy (non-hydrogen) atoms. The zero-order valence-electron chi connectivity index (χ0n) is 13.3. The molecule has 0 aliphatic carbocycles. The molecule has 136 valence electrons. The van der Waals surface area contributed by atoms with Crippen LogP contribution >= 0.6 is 11.6 Å². The van der Waals surface area contributed by atoms with Crippen molar-refractivity contribution in [2.75, 3.05) is 0 Å². The molecule has 0 radical (unpaired) electrons. The fourth-order valence-electron chi connectivity index (χ4n) is 1.70. The Bertz CT molecular complexity index is 665. The molecular weight excluding hydrogens is 369 g/mol. The number of halogens is 4. The molecule has 1 aromatic rings. The Labute approximate surface area is 145 Å². The third-order valence-electron chi connectivity index (χ3n) is 2.93. The zero-order valence-corrected chi connectivity index (χ0v) is 14.9. The van der Waals surface area contributed by atoms with E-state index in [0.717, 1.165) is 18.9 Å². The number of hydrogen-bond donors (Lipinski definition) is 1. The summed E-state index contributed by atoms with van der Waals surface area (Å²) < 4.78 is 61.6. The second-order valence-corrected chi connectivity index (χ2v) is 5.55. The van der Waals surface area contributed by atoms with E-state index in [1.54, 1.807) is 0 Å². The summed E-state index contributed by atoms with van der Waals surface area (Å²) >= 11 is 5.77. The van der Waals surface area contributed by atoms with Gasteiger partial charge in [-0.1, -0.05) is 30.6 Å². The average molecular weight is 387 g/mol. The lowest BCUT2D eigenvalue weighted by Gasteiger charge is -2.14. The Morgan fingerprint density at radius 3 is 2.25 bits per heavy atom. The maximum Gasteiger partial charge on any atom is 0.417 e. The van der Waals surface area contributed by atoms with Crippen molar-refractivity contribution < 1.29 is 26.4 Å². The SMILES string of the molecule is CCC(CC)O/N=C(\C)c1cc(Cl)ccc1C(F)(F)F.N=S(=O)=O. The quantitative estimate of drug-likeness (QED) is 0.576. The van der Waals surface area contributed by atoms with E-state index in [2.05, 4.69) is 5.16 Å². The summed E-state index contributed by atoms with van der Waals surface area (Å²) in [4.78, 5) is 5.24. The fourth-order valence-corrected chi connectivity index (χ4v) is 1.88. The van der Waals surface area contributed by atoms with Crippen molar-refractivity contribution >= 4 is 27.8 Å². The van der Waals surface area contributed by atoms with Crippen LogP contribution in [0.1, 0.15) is 44.7 Å². The summed E-state index contributed by atoms with van der Waals surface area (Å²) in [7, 11) is -2.61. The number of nitrogens with one attached hydrogen (secondary N) is 1. The number of alkyl halides is 3. The van der Waals surface area contributed by atoms with Gasteiger partial charge in [0.15, 0.2) is 0 Å². The van der Waals surface area contributed by atoms with Gasteiger partial charge in [0.1, 0.15) is 6.10 Å². The van der Waals surface area contributed by atoms with Gasteiger partial charge in [0.2, 0.25) is 0 Å². The molecule has 0 bridgehead atoms. The largest absolute Gasteiger partial charge is 0.417 e. The van der Waals surface area contributed by atoms with E-state index in [1.165, 1.54) is 19.1 Å². The molecule has 0 fully saturated rings. The van der Waals surface area contributed by atoms with Crippen LogP contribution in [0.5, 0.6) is 0 Å².